The first-order valence-electron chi connectivity index (χ1n) is 4.92. The molecule has 0 fully saturated rings. The molecule has 0 atom stereocenters. The number of pyridine rings is 1. The van der Waals surface area contributed by atoms with Crippen LogP contribution >= 0.6 is 15.9 Å². The Labute approximate surface area is 100 Å². The van der Waals surface area contributed by atoms with Gasteiger partial charge in [-0.1, -0.05) is 0 Å². The summed E-state index contributed by atoms with van der Waals surface area (Å²) in [4.78, 5) is 4.36. The van der Waals surface area contributed by atoms with Crippen molar-refractivity contribution in [3.8, 4) is 5.75 Å². The van der Waals surface area contributed by atoms with E-state index in [1.54, 1.807) is 12.1 Å². The molecule has 0 aliphatic heterocycles. The number of imidazole rings is 1. The van der Waals surface area contributed by atoms with E-state index in [-0.39, 0.29) is 5.75 Å². The first-order valence-corrected chi connectivity index (χ1v) is 5.71. The zero-order valence-corrected chi connectivity index (χ0v) is 10.2. The number of rotatable bonds is 0. The highest BCUT2D eigenvalue weighted by atomic mass is 79.9. The maximum absolute atomic E-state index is 9.50. The highest BCUT2D eigenvalue weighted by Gasteiger charge is 2.06. The van der Waals surface area contributed by atoms with E-state index in [1.165, 1.54) is 0 Å². The monoisotopic (exact) mass is 276 g/mol. The van der Waals surface area contributed by atoms with Crippen LogP contribution in [0.15, 0.2) is 35.1 Å². The van der Waals surface area contributed by atoms with E-state index >= 15 is 0 Å². The predicted octanol–water partition coefficient (Wildman–Crippen LogP) is 3.26. The first-order chi connectivity index (χ1) is 7.65. The van der Waals surface area contributed by atoms with E-state index < -0.39 is 0 Å². The maximum Gasteiger partial charge on any atom is 0.138 e. The molecule has 0 spiro atoms. The Balaban J connectivity index is 2.58. The van der Waals surface area contributed by atoms with E-state index in [0.29, 0.717) is 0 Å². The third-order valence-corrected chi connectivity index (χ3v) is 3.10. The molecule has 0 aliphatic carbocycles. The van der Waals surface area contributed by atoms with Gasteiger partial charge in [-0.25, -0.2) is 4.98 Å². The van der Waals surface area contributed by atoms with Crippen LogP contribution in [0.4, 0.5) is 0 Å². The van der Waals surface area contributed by atoms with Crippen molar-refractivity contribution in [1.29, 1.82) is 0 Å². The molecule has 0 bridgehead atoms. The van der Waals surface area contributed by atoms with Gasteiger partial charge in [-0.05, 0) is 52.7 Å². The van der Waals surface area contributed by atoms with Crippen molar-refractivity contribution in [2.24, 2.45) is 0 Å². The average Bonchev–Trinajstić information content (AvgIpc) is 2.59. The Morgan fingerprint density at radius 1 is 1.31 bits per heavy atom. The standard InChI is InChI=1S/C12H9BrN2O/c1-7-4-12-14-11(13)6-15(12)10-3-2-8(16)5-9(7)10/h2-6,16H,1H3. The fourth-order valence-electron chi connectivity index (χ4n) is 1.98. The summed E-state index contributed by atoms with van der Waals surface area (Å²) in [5.41, 5.74) is 3.06. The van der Waals surface area contributed by atoms with Gasteiger partial charge in [-0.3, -0.25) is 4.40 Å². The molecular formula is C12H9BrN2O. The summed E-state index contributed by atoms with van der Waals surface area (Å²) in [7, 11) is 0. The van der Waals surface area contributed by atoms with Gasteiger partial charge in [0.05, 0.1) is 5.52 Å². The molecule has 0 saturated carbocycles. The largest absolute Gasteiger partial charge is 0.508 e. The van der Waals surface area contributed by atoms with Gasteiger partial charge >= 0.3 is 0 Å². The van der Waals surface area contributed by atoms with Crippen LogP contribution < -0.4 is 0 Å². The summed E-state index contributed by atoms with van der Waals surface area (Å²) in [5.74, 6) is 0.286. The fraction of sp³-hybridized carbons (Fsp3) is 0.0833. The summed E-state index contributed by atoms with van der Waals surface area (Å²) in [6, 6.07) is 7.37. The number of halogens is 1. The molecule has 0 aliphatic rings. The molecule has 0 amide bonds. The molecule has 3 nitrogen and oxygen atoms in total. The van der Waals surface area contributed by atoms with Crippen LogP contribution in [-0.2, 0) is 0 Å². The molecule has 3 aromatic rings. The van der Waals surface area contributed by atoms with Crippen molar-refractivity contribution in [3.63, 3.8) is 0 Å². The molecule has 1 aromatic carbocycles. The average molecular weight is 277 g/mol. The van der Waals surface area contributed by atoms with Crippen molar-refractivity contribution in [1.82, 2.24) is 9.38 Å². The van der Waals surface area contributed by atoms with Gasteiger partial charge in [0.2, 0.25) is 0 Å². The highest BCUT2D eigenvalue weighted by Crippen LogP contribution is 2.26. The maximum atomic E-state index is 9.50. The molecule has 3 rings (SSSR count). The Morgan fingerprint density at radius 2 is 2.12 bits per heavy atom. The smallest absolute Gasteiger partial charge is 0.138 e. The first kappa shape index (κ1) is 9.66. The summed E-state index contributed by atoms with van der Waals surface area (Å²) in [5, 5.41) is 10.5. The minimum atomic E-state index is 0.286. The molecule has 0 radical (unpaired) electrons. The zero-order valence-electron chi connectivity index (χ0n) is 8.61. The van der Waals surface area contributed by atoms with E-state index in [2.05, 4.69) is 20.9 Å². The number of aromatic hydroxyl groups is 1. The second-order valence-corrected chi connectivity index (χ2v) is 4.63. The van der Waals surface area contributed by atoms with Gasteiger partial charge in [0.1, 0.15) is 16.0 Å². The molecular weight excluding hydrogens is 268 g/mol. The lowest BCUT2D eigenvalue weighted by atomic mass is 10.1. The van der Waals surface area contributed by atoms with Crippen molar-refractivity contribution in [2.75, 3.05) is 0 Å². The Morgan fingerprint density at radius 3 is 2.94 bits per heavy atom. The van der Waals surface area contributed by atoms with Gasteiger partial charge in [0.15, 0.2) is 0 Å². The Kier molecular flexibility index (Phi) is 1.94. The second kappa shape index (κ2) is 3.22. The summed E-state index contributed by atoms with van der Waals surface area (Å²) < 4.78 is 2.82. The van der Waals surface area contributed by atoms with Gasteiger partial charge in [-0.2, -0.15) is 0 Å². The lowest BCUT2D eigenvalue weighted by Gasteiger charge is -2.05. The van der Waals surface area contributed by atoms with Gasteiger partial charge in [0.25, 0.3) is 0 Å². The number of fused-ring (bicyclic) bond motifs is 3. The van der Waals surface area contributed by atoms with Crippen LogP contribution in [0.5, 0.6) is 5.75 Å². The van der Waals surface area contributed by atoms with E-state index in [9.17, 15) is 5.11 Å². The van der Waals surface area contributed by atoms with E-state index in [1.807, 2.05) is 29.7 Å². The molecule has 16 heavy (non-hydrogen) atoms. The third kappa shape index (κ3) is 1.30. The number of phenolic OH excluding ortho intramolecular Hbond substituents is 1. The molecule has 2 heterocycles. The lowest BCUT2D eigenvalue weighted by Crippen LogP contribution is -1.89. The summed E-state index contributed by atoms with van der Waals surface area (Å²) >= 11 is 3.37. The normalized spacial score (nSPS) is 11.4. The zero-order chi connectivity index (χ0) is 11.3. The number of benzene rings is 1. The van der Waals surface area contributed by atoms with Crippen LogP contribution in [0.25, 0.3) is 16.6 Å². The van der Waals surface area contributed by atoms with Crippen molar-refractivity contribution < 1.29 is 5.11 Å². The highest BCUT2D eigenvalue weighted by molar-refractivity contribution is 9.10. The minimum absolute atomic E-state index is 0.286. The molecule has 2 aromatic heterocycles. The summed E-state index contributed by atoms with van der Waals surface area (Å²) in [6.07, 6.45) is 1.92. The van der Waals surface area contributed by atoms with Crippen molar-refractivity contribution >= 4 is 32.5 Å². The van der Waals surface area contributed by atoms with E-state index in [4.69, 9.17) is 0 Å². The molecule has 1 N–H and O–H groups in total. The number of hydrogen-bond donors (Lipinski definition) is 1. The van der Waals surface area contributed by atoms with Crippen LogP contribution in [-0.4, -0.2) is 14.5 Å². The quantitative estimate of drug-likeness (QED) is 0.684. The molecule has 0 saturated heterocycles. The van der Waals surface area contributed by atoms with Crippen molar-refractivity contribution in [2.45, 2.75) is 6.92 Å². The van der Waals surface area contributed by atoms with Crippen molar-refractivity contribution in [3.05, 3.63) is 40.6 Å². The molecule has 80 valence electrons. The SMILES string of the molecule is Cc1cc2nc(Br)cn2c2ccc(O)cc12. The topological polar surface area (TPSA) is 37.5 Å². The number of hydrogen-bond acceptors (Lipinski definition) is 2. The van der Waals surface area contributed by atoms with Crippen LogP contribution in [0, 0.1) is 6.92 Å². The fourth-order valence-corrected chi connectivity index (χ4v) is 2.37. The molecule has 4 heteroatoms. The third-order valence-electron chi connectivity index (χ3n) is 2.71. The number of nitrogens with zero attached hydrogens (tertiary/aromatic N) is 2. The minimum Gasteiger partial charge on any atom is -0.508 e. The van der Waals surface area contributed by atoms with Gasteiger partial charge in [-0.15, -0.1) is 0 Å². The molecule has 0 unspecified atom stereocenters. The number of aromatic nitrogens is 2. The van der Waals surface area contributed by atoms with Crippen LogP contribution in [0.3, 0.4) is 0 Å². The predicted molar refractivity (Wildman–Crippen MR) is 66.8 cm³/mol. The van der Waals surface area contributed by atoms with E-state index in [0.717, 1.165) is 26.7 Å². The number of aryl methyl sites for hydroxylation is 1. The van der Waals surface area contributed by atoms with Gasteiger partial charge in [0, 0.05) is 11.6 Å². The summed E-state index contributed by atoms with van der Waals surface area (Å²) in [6.45, 7) is 2.02. The second-order valence-electron chi connectivity index (χ2n) is 3.82. The van der Waals surface area contributed by atoms with Crippen LogP contribution in [0.2, 0.25) is 0 Å². The Bertz CT molecular complexity index is 703. The number of phenols is 1. The Hall–Kier alpha value is -1.55. The van der Waals surface area contributed by atoms with Gasteiger partial charge < -0.3 is 5.11 Å². The van der Waals surface area contributed by atoms with Crippen LogP contribution in [0.1, 0.15) is 5.56 Å². The lowest BCUT2D eigenvalue weighted by molar-refractivity contribution is 0.476.